The maximum Gasteiger partial charge on any atom is 0.293 e. The van der Waals surface area contributed by atoms with Crippen LogP contribution in [0.2, 0.25) is 5.02 Å². The second-order valence-corrected chi connectivity index (χ2v) is 10.8. The Hall–Kier alpha value is -3.09. The first-order valence-corrected chi connectivity index (χ1v) is 13.5. The molecule has 3 amide bonds. The van der Waals surface area contributed by atoms with Crippen LogP contribution in [0.5, 0.6) is 11.5 Å². The Balaban J connectivity index is 1.47. The van der Waals surface area contributed by atoms with E-state index in [1.54, 1.807) is 48.5 Å². The number of ether oxygens (including phenoxy) is 2. The fourth-order valence-corrected chi connectivity index (χ4v) is 5.35. The number of hydrogen-bond acceptors (Lipinski definition) is 6. The standard InChI is InChI=1S/C27H21ClFIN2O5S/c1-15-7-8-18(12-19(15)28)31-24(33)14-37-25-21(30)9-16(10-22(25)36-2)11-23-26(34)32(27(35)38-23)13-17-5-3-4-6-20(17)29/h3-12H,13-14H2,1-2H3,(H,31,33)/b23-11-. The number of thioether (sulfide) groups is 1. The number of amides is 3. The van der Waals surface area contributed by atoms with Crippen molar-refractivity contribution in [2.24, 2.45) is 0 Å². The molecular weight excluding hydrogens is 646 g/mol. The van der Waals surface area contributed by atoms with Gasteiger partial charge in [0, 0.05) is 16.3 Å². The summed E-state index contributed by atoms with van der Waals surface area (Å²) in [5.41, 5.74) is 2.29. The number of aryl methyl sites for hydroxylation is 1. The van der Waals surface area contributed by atoms with Crippen LogP contribution in [0.15, 0.2) is 59.5 Å². The van der Waals surface area contributed by atoms with Gasteiger partial charge in [-0.1, -0.05) is 35.9 Å². The number of halogens is 3. The minimum atomic E-state index is -0.509. The third kappa shape index (κ3) is 6.48. The molecule has 0 atom stereocenters. The summed E-state index contributed by atoms with van der Waals surface area (Å²) in [6, 6.07) is 14.6. The van der Waals surface area contributed by atoms with E-state index in [1.165, 1.54) is 19.2 Å². The van der Waals surface area contributed by atoms with Crippen molar-refractivity contribution in [2.45, 2.75) is 13.5 Å². The molecule has 0 aromatic heterocycles. The molecule has 0 radical (unpaired) electrons. The molecule has 1 heterocycles. The van der Waals surface area contributed by atoms with Crippen molar-refractivity contribution in [2.75, 3.05) is 19.0 Å². The average molecular weight is 667 g/mol. The van der Waals surface area contributed by atoms with Crippen LogP contribution < -0.4 is 14.8 Å². The van der Waals surface area contributed by atoms with E-state index in [1.807, 2.05) is 29.5 Å². The zero-order valence-corrected chi connectivity index (χ0v) is 23.9. The number of nitrogens with zero attached hydrogens (tertiary/aromatic N) is 1. The van der Waals surface area contributed by atoms with Crippen LogP contribution in [0.4, 0.5) is 14.9 Å². The molecule has 7 nitrogen and oxygen atoms in total. The zero-order valence-electron chi connectivity index (χ0n) is 20.2. The summed E-state index contributed by atoms with van der Waals surface area (Å²) in [4.78, 5) is 39.0. The normalized spacial score (nSPS) is 14.2. The number of anilines is 1. The zero-order chi connectivity index (χ0) is 27.4. The number of benzene rings is 3. The van der Waals surface area contributed by atoms with Gasteiger partial charge in [-0.15, -0.1) is 0 Å². The first-order chi connectivity index (χ1) is 18.2. The van der Waals surface area contributed by atoms with Crippen LogP contribution in [-0.4, -0.2) is 35.7 Å². The van der Waals surface area contributed by atoms with Gasteiger partial charge in [0.2, 0.25) is 0 Å². The van der Waals surface area contributed by atoms with E-state index in [0.717, 1.165) is 22.2 Å². The number of hydrogen-bond donors (Lipinski definition) is 1. The fourth-order valence-electron chi connectivity index (χ4n) is 3.55. The number of imide groups is 1. The molecule has 0 unspecified atom stereocenters. The highest BCUT2D eigenvalue weighted by Crippen LogP contribution is 2.38. The highest BCUT2D eigenvalue weighted by Gasteiger charge is 2.35. The van der Waals surface area contributed by atoms with Crippen molar-refractivity contribution in [3.05, 3.63) is 90.6 Å². The number of rotatable bonds is 8. The quantitative estimate of drug-likeness (QED) is 0.214. The molecule has 1 saturated heterocycles. The first kappa shape index (κ1) is 27.9. The van der Waals surface area contributed by atoms with Crippen LogP contribution in [0.25, 0.3) is 6.08 Å². The SMILES string of the molecule is COc1cc(/C=C2\SC(=O)N(Cc3ccccc3F)C2=O)cc(I)c1OCC(=O)Nc1ccc(C)c(Cl)c1. The van der Waals surface area contributed by atoms with Crippen LogP contribution in [-0.2, 0) is 16.1 Å². The maximum atomic E-state index is 14.0. The minimum Gasteiger partial charge on any atom is -0.493 e. The van der Waals surface area contributed by atoms with Gasteiger partial charge in [0.25, 0.3) is 17.1 Å². The summed E-state index contributed by atoms with van der Waals surface area (Å²) in [7, 11) is 1.46. The lowest BCUT2D eigenvalue weighted by molar-refractivity contribution is -0.123. The molecular formula is C27H21ClFIN2O5S. The van der Waals surface area contributed by atoms with E-state index < -0.39 is 17.0 Å². The second-order valence-electron chi connectivity index (χ2n) is 8.19. The van der Waals surface area contributed by atoms with Gasteiger partial charge >= 0.3 is 0 Å². The van der Waals surface area contributed by atoms with Crippen molar-refractivity contribution < 1.29 is 28.2 Å². The second kappa shape index (κ2) is 12.2. The molecule has 196 valence electrons. The topological polar surface area (TPSA) is 84.9 Å². The highest BCUT2D eigenvalue weighted by molar-refractivity contribution is 14.1. The molecule has 1 aliphatic heterocycles. The third-order valence-electron chi connectivity index (χ3n) is 5.51. The summed E-state index contributed by atoms with van der Waals surface area (Å²) in [6.45, 7) is 1.44. The number of carbonyl (C=O) groups is 3. The molecule has 0 bridgehead atoms. The molecule has 0 saturated carbocycles. The number of methoxy groups -OCH3 is 1. The van der Waals surface area contributed by atoms with E-state index in [4.69, 9.17) is 21.1 Å². The molecule has 0 spiro atoms. The number of nitrogens with one attached hydrogen (secondary N) is 1. The van der Waals surface area contributed by atoms with E-state index in [0.29, 0.717) is 31.3 Å². The lowest BCUT2D eigenvalue weighted by Crippen LogP contribution is -2.27. The number of carbonyl (C=O) groups excluding carboxylic acids is 3. The minimum absolute atomic E-state index is 0.154. The Bertz CT molecular complexity index is 1470. The Morgan fingerprint density at radius 2 is 1.95 bits per heavy atom. The monoisotopic (exact) mass is 666 g/mol. The van der Waals surface area contributed by atoms with Gasteiger partial charge in [0.15, 0.2) is 18.1 Å². The fraction of sp³-hybridized carbons (Fsp3) is 0.148. The van der Waals surface area contributed by atoms with E-state index in [9.17, 15) is 18.8 Å². The largest absolute Gasteiger partial charge is 0.493 e. The van der Waals surface area contributed by atoms with Gasteiger partial charge in [0.1, 0.15) is 5.82 Å². The van der Waals surface area contributed by atoms with Gasteiger partial charge in [0.05, 0.1) is 22.1 Å². The van der Waals surface area contributed by atoms with Gasteiger partial charge in [-0.2, -0.15) is 0 Å². The predicted molar refractivity (Wildman–Crippen MR) is 154 cm³/mol. The van der Waals surface area contributed by atoms with Crippen LogP contribution >= 0.6 is 46.0 Å². The predicted octanol–water partition coefficient (Wildman–Crippen LogP) is 6.65. The van der Waals surface area contributed by atoms with Gasteiger partial charge < -0.3 is 14.8 Å². The summed E-state index contributed by atoms with van der Waals surface area (Å²) in [5.74, 6) is -0.669. The summed E-state index contributed by atoms with van der Waals surface area (Å²) in [6.07, 6.45) is 1.56. The Morgan fingerprint density at radius 1 is 1.18 bits per heavy atom. The average Bonchev–Trinajstić information content (AvgIpc) is 3.13. The lowest BCUT2D eigenvalue weighted by Gasteiger charge is -2.14. The van der Waals surface area contributed by atoms with Crippen LogP contribution in [0.3, 0.4) is 0 Å². The molecule has 1 aliphatic rings. The Morgan fingerprint density at radius 3 is 2.66 bits per heavy atom. The van der Waals surface area contributed by atoms with Crippen molar-refractivity contribution >= 4 is 74.8 Å². The van der Waals surface area contributed by atoms with Crippen molar-refractivity contribution in [1.82, 2.24) is 4.90 Å². The van der Waals surface area contributed by atoms with Gasteiger partial charge in [-0.05, 0) is 88.8 Å². The molecule has 11 heteroatoms. The summed E-state index contributed by atoms with van der Waals surface area (Å²) >= 11 is 8.93. The van der Waals surface area contributed by atoms with Gasteiger partial charge in [-0.3, -0.25) is 19.3 Å². The van der Waals surface area contributed by atoms with Crippen molar-refractivity contribution in [3.8, 4) is 11.5 Å². The van der Waals surface area contributed by atoms with Crippen molar-refractivity contribution in [1.29, 1.82) is 0 Å². The van der Waals surface area contributed by atoms with E-state index in [2.05, 4.69) is 5.32 Å². The molecule has 1 N–H and O–H groups in total. The maximum absolute atomic E-state index is 14.0. The lowest BCUT2D eigenvalue weighted by atomic mass is 10.1. The molecule has 0 aliphatic carbocycles. The molecule has 38 heavy (non-hydrogen) atoms. The smallest absolute Gasteiger partial charge is 0.293 e. The first-order valence-electron chi connectivity index (χ1n) is 11.2. The van der Waals surface area contributed by atoms with Crippen molar-refractivity contribution in [3.63, 3.8) is 0 Å². The molecule has 3 aromatic carbocycles. The van der Waals surface area contributed by atoms with Crippen LogP contribution in [0, 0.1) is 16.3 Å². The Labute approximate surface area is 241 Å². The van der Waals surface area contributed by atoms with Gasteiger partial charge in [-0.25, -0.2) is 4.39 Å². The summed E-state index contributed by atoms with van der Waals surface area (Å²) in [5, 5.41) is 2.79. The van der Waals surface area contributed by atoms with Crippen LogP contribution in [0.1, 0.15) is 16.7 Å². The van der Waals surface area contributed by atoms with E-state index in [-0.39, 0.29) is 29.5 Å². The van der Waals surface area contributed by atoms with E-state index >= 15 is 0 Å². The third-order valence-corrected chi connectivity index (χ3v) is 7.63. The molecule has 1 fully saturated rings. The molecule has 4 rings (SSSR count). The summed E-state index contributed by atoms with van der Waals surface area (Å²) < 4.78 is 25.9. The Kier molecular flexibility index (Phi) is 8.95. The molecule has 3 aromatic rings. The highest BCUT2D eigenvalue weighted by atomic mass is 127.